The monoisotopic (exact) mass is 315 g/mol. The molecule has 1 aromatic carbocycles. The minimum Gasteiger partial charge on any atom is -0.374 e. The molecule has 0 bridgehead atoms. The molecule has 1 atom stereocenters. The Kier molecular flexibility index (Phi) is 5.74. The molecule has 4 heteroatoms. The van der Waals surface area contributed by atoms with Crippen LogP contribution in [0.2, 0.25) is 10.0 Å². The second-order valence-corrected chi connectivity index (χ2v) is 6.31. The fourth-order valence-electron chi connectivity index (χ4n) is 3.31. The Morgan fingerprint density at radius 1 is 1.25 bits per heavy atom. The van der Waals surface area contributed by atoms with Gasteiger partial charge in [0, 0.05) is 12.6 Å². The van der Waals surface area contributed by atoms with E-state index in [-0.39, 0.29) is 5.60 Å². The summed E-state index contributed by atoms with van der Waals surface area (Å²) in [6.07, 6.45) is 5.67. The first-order chi connectivity index (χ1) is 9.61. The molecule has 2 nitrogen and oxygen atoms in total. The minimum atomic E-state index is -0.0321. The van der Waals surface area contributed by atoms with Crippen LogP contribution >= 0.6 is 23.2 Å². The van der Waals surface area contributed by atoms with Crippen LogP contribution in [0.4, 0.5) is 0 Å². The standard InChI is InChI=1S/C16H23Cl2NO/c1-3-20-16(8-4-5-9-16)15(19-2)11-12-6-7-13(17)14(18)10-12/h6-7,10,15,19H,3-5,8-9,11H2,1-2H3. The molecule has 1 aliphatic carbocycles. The van der Waals surface area contributed by atoms with Crippen LogP contribution in [0.15, 0.2) is 18.2 Å². The fraction of sp³-hybridized carbons (Fsp3) is 0.625. The van der Waals surface area contributed by atoms with Crippen LogP contribution in [-0.2, 0) is 11.2 Å². The van der Waals surface area contributed by atoms with Gasteiger partial charge in [0.05, 0.1) is 15.6 Å². The Bertz CT molecular complexity index is 444. The SMILES string of the molecule is CCOC1(C(Cc2ccc(Cl)c(Cl)c2)NC)CCCC1. The van der Waals surface area contributed by atoms with Crippen molar-refractivity contribution < 1.29 is 4.74 Å². The van der Waals surface area contributed by atoms with Crippen molar-refractivity contribution >= 4 is 23.2 Å². The zero-order valence-electron chi connectivity index (χ0n) is 12.2. The van der Waals surface area contributed by atoms with Gasteiger partial charge in [-0.25, -0.2) is 0 Å². The van der Waals surface area contributed by atoms with Gasteiger partial charge < -0.3 is 10.1 Å². The van der Waals surface area contributed by atoms with E-state index in [1.807, 2.05) is 25.2 Å². The Morgan fingerprint density at radius 2 is 1.95 bits per heavy atom. The lowest BCUT2D eigenvalue weighted by molar-refractivity contribution is -0.0597. The average Bonchev–Trinajstić information content (AvgIpc) is 2.90. The van der Waals surface area contributed by atoms with Crippen LogP contribution in [0.25, 0.3) is 0 Å². The van der Waals surface area contributed by atoms with Gasteiger partial charge in [-0.15, -0.1) is 0 Å². The summed E-state index contributed by atoms with van der Waals surface area (Å²) in [7, 11) is 2.02. The molecule has 0 aromatic heterocycles. The molecule has 1 unspecified atom stereocenters. The first kappa shape index (κ1) is 16.1. The maximum atomic E-state index is 6.15. The van der Waals surface area contributed by atoms with Crippen molar-refractivity contribution in [3.63, 3.8) is 0 Å². The van der Waals surface area contributed by atoms with Crippen molar-refractivity contribution in [3.05, 3.63) is 33.8 Å². The van der Waals surface area contributed by atoms with Crippen LogP contribution in [0.5, 0.6) is 0 Å². The molecule has 20 heavy (non-hydrogen) atoms. The van der Waals surface area contributed by atoms with Crippen LogP contribution < -0.4 is 5.32 Å². The summed E-state index contributed by atoms with van der Waals surface area (Å²) < 4.78 is 6.15. The molecular formula is C16H23Cl2NO. The summed E-state index contributed by atoms with van der Waals surface area (Å²) in [6, 6.07) is 6.19. The summed E-state index contributed by atoms with van der Waals surface area (Å²) in [5.41, 5.74) is 1.17. The van der Waals surface area contributed by atoms with Crippen LogP contribution in [0.1, 0.15) is 38.2 Å². The molecule has 0 saturated heterocycles. The average molecular weight is 316 g/mol. The van der Waals surface area contributed by atoms with Gasteiger partial charge in [0.25, 0.3) is 0 Å². The third kappa shape index (κ3) is 3.48. The number of halogens is 2. The predicted molar refractivity (Wildman–Crippen MR) is 85.8 cm³/mol. The molecule has 0 heterocycles. The number of benzene rings is 1. The van der Waals surface area contributed by atoms with Gasteiger partial charge in [-0.05, 0) is 50.9 Å². The van der Waals surface area contributed by atoms with E-state index >= 15 is 0 Å². The quantitative estimate of drug-likeness (QED) is 0.836. The van der Waals surface area contributed by atoms with Crippen molar-refractivity contribution in [2.45, 2.75) is 50.7 Å². The van der Waals surface area contributed by atoms with E-state index in [0.717, 1.165) is 25.9 Å². The fourth-order valence-corrected chi connectivity index (χ4v) is 3.63. The van der Waals surface area contributed by atoms with Crippen LogP contribution in [0, 0.1) is 0 Å². The van der Waals surface area contributed by atoms with Gasteiger partial charge in [0.15, 0.2) is 0 Å². The van der Waals surface area contributed by atoms with Crippen molar-refractivity contribution in [1.29, 1.82) is 0 Å². The summed E-state index contributed by atoms with van der Waals surface area (Å²) >= 11 is 12.1. The Labute approximate surface area is 131 Å². The summed E-state index contributed by atoms with van der Waals surface area (Å²) in [4.78, 5) is 0. The highest BCUT2D eigenvalue weighted by atomic mass is 35.5. The van der Waals surface area contributed by atoms with Crippen molar-refractivity contribution in [3.8, 4) is 0 Å². The predicted octanol–water partition coefficient (Wildman–Crippen LogP) is 4.47. The lowest BCUT2D eigenvalue weighted by Crippen LogP contribution is -2.51. The third-order valence-corrected chi connectivity index (χ3v) is 5.03. The molecule has 0 radical (unpaired) electrons. The summed E-state index contributed by atoms with van der Waals surface area (Å²) in [6.45, 7) is 2.84. The van der Waals surface area contributed by atoms with Gasteiger partial charge in [-0.3, -0.25) is 0 Å². The van der Waals surface area contributed by atoms with E-state index in [2.05, 4.69) is 12.2 Å². The molecule has 1 saturated carbocycles. The molecule has 1 fully saturated rings. The number of hydrogen-bond acceptors (Lipinski definition) is 2. The number of nitrogens with one attached hydrogen (secondary N) is 1. The smallest absolute Gasteiger partial charge is 0.0837 e. The van der Waals surface area contributed by atoms with E-state index in [1.54, 1.807) is 0 Å². The lowest BCUT2D eigenvalue weighted by atomic mass is 9.87. The number of rotatable bonds is 6. The molecular weight excluding hydrogens is 293 g/mol. The van der Waals surface area contributed by atoms with Gasteiger partial charge in [-0.2, -0.15) is 0 Å². The first-order valence-corrected chi connectivity index (χ1v) is 8.12. The Balaban J connectivity index is 2.16. The molecule has 1 aromatic rings. The maximum Gasteiger partial charge on any atom is 0.0837 e. The van der Waals surface area contributed by atoms with E-state index < -0.39 is 0 Å². The molecule has 1 aliphatic rings. The summed E-state index contributed by atoms with van der Waals surface area (Å²) in [5, 5.41) is 4.68. The zero-order chi connectivity index (χ0) is 14.6. The maximum absolute atomic E-state index is 6.15. The topological polar surface area (TPSA) is 21.3 Å². The highest BCUT2D eigenvalue weighted by molar-refractivity contribution is 6.42. The number of ether oxygens (including phenoxy) is 1. The molecule has 0 aliphatic heterocycles. The number of likely N-dealkylation sites (N-methyl/N-ethyl adjacent to an activating group) is 1. The van der Waals surface area contributed by atoms with Crippen LogP contribution in [0.3, 0.4) is 0 Å². The zero-order valence-corrected chi connectivity index (χ0v) is 13.7. The van der Waals surface area contributed by atoms with E-state index in [4.69, 9.17) is 27.9 Å². The number of hydrogen-bond donors (Lipinski definition) is 1. The third-order valence-electron chi connectivity index (χ3n) is 4.29. The van der Waals surface area contributed by atoms with E-state index in [9.17, 15) is 0 Å². The Morgan fingerprint density at radius 3 is 2.50 bits per heavy atom. The van der Waals surface area contributed by atoms with Gasteiger partial charge in [0.2, 0.25) is 0 Å². The second kappa shape index (κ2) is 7.13. The molecule has 0 amide bonds. The molecule has 1 N–H and O–H groups in total. The molecule has 2 rings (SSSR count). The molecule has 0 spiro atoms. The van der Waals surface area contributed by atoms with Crippen molar-refractivity contribution in [2.24, 2.45) is 0 Å². The highest BCUT2D eigenvalue weighted by Crippen LogP contribution is 2.37. The first-order valence-electron chi connectivity index (χ1n) is 7.36. The largest absolute Gasteiger partial charge is 0.374 e. The minimum absolute atomic E-state index is 0.0321. The summed E-state index contributed by atoms with van der Waals surface area (Å²) in [5.74, 6) is 0. The second-order valence-electron chi connectivity index (χ2n) is 5.50. The van der Waals surface area contributed by atoms with Gasteiger partial charge >= 0.3 is 0 Å². The lowest BCUT2D eigenvalue weighted by Gasteiger charge is -2.37. The van der Waals surface area contributed by atoms with Gasteiger partial charge in [0.1, 0.15) is 0 Å². The molecule has 112 valence electrons. The van der Waals surface area contributed by atoms with Crippen molar-refractivity contribution in [1.82, 2.24) is 5.32 Å². The van der Waals surface area contributed by atoms with Crippen molar-refractivity contribution in [2.75, 3.05) is 13.7 Å². The Hall–Kier alpha value is -0.280. The highest BCUT2D eigenvalue weighted by Gasteiger charge is 2.41. The van der Waals surface area contributed by atoms with E-state index in [0.29, 0.717) is 16.1 Å². The normalized spacial score (nSPS) is 19.2. The van der Waals surface area contributed by atoms with Gasteiger partial charge in [-0.1, -0.05) is 42.1 Å². The van der Waals surface area contributed by atoms with Crippen LogP contribution in [-0.4, -0.2) is 25.3 Å². The van der Waals surface area contributed by atoms with E-state index in [1.165, 1.54) is 18.4 Å².